The van der Waals surface area contributed by atoms with Crippen molar-refractivity contribution in [2.75, 3.05) is 0 Å². The molecule has 52 valence electrons. The van der Waals surface area contributed by atoms with Gasteiger partial charge in [-0.05, 0) is 19.3 Å². The number of rotatable bonds is 4. The molecule has 0 aliphatic rings. The van der Waals surface area contributed by atoms with Crippen molar-refractivity contribution < 1.29 is 38.7 Å². The normalized spacial score (nSPS) is 8.00. The van der Waals surface area contributed by atoms with Gasteiger partial charge in [0.15, 0.2) is 0 Å². The first kappa shape index (κ1) is 12.2. The molecule has 0 N–H and O–H groups in total. The Morgan fingerprint density at radius 3 is 1.50 bits per heavy atom. The second-order valence-corrected chi connectivity index (χ2v) is 1.60. The van der Waals surface area contributed by atoms with Gasteiger partial charge in [0, 0.05) is 11.9 Å². The predicted octanol–water partition coefficient (Wildman–Crippen LogP) is -5.34. The fraction of sp³-hybridized carbons (Fsp3) is 0.600. The van der Waals surface area contributed by atoms with Crippen LogP contribution in [0.1, 0.15) is 19.3 Å². The van der Waals surface area contributed by atoms with Gasteiger partial charge in [-0.3, -0.25) is 0 Å². The average molecular weight is 137 g/mol. The van der Waals surface area contributed by atoms with Gasteiger partial charge in [-0.2, -0.15) is 0 Å². The summed E-state index contributed by atoms with van der Waals surface area (Å²) < 4.78 is 0. The predicted molar refractivity (Wildman–Crippen MR) is 23.9 cm³/mol. The molecule has 10 heavy (non-hydrogen) atoms. The molecule has 0 atom stereocenters. The van der Waals surface area contributed by atoms with Gasteiger partial charge in [-0.15, -0.1) is 0 Å². The van der Waals surface area contributed by atoms with Gasteiger partial charge in [0.05, 0.1) is 0 Å². The van der Waals surface area contributed by atoms with Gasteiger partial charge in [-0.25, -0.2) is 0 Å². The fourth-order valence-electron chi connectivity index (χ4n) is 0.377. The van der Waals surface area contributed by atoms with Crippen LogP contribution in [0.5, 0.6) is 0 Å². The first-order chi connectivity index (χ1) is 4.13. The van der Waals surface area contributed by atoms with Crippen molar-refractivity contribution in [2.45, 2.75) is 19.3 Å². The minimum absolute atomic E-state index is 0. The molecule has 0 unspecified atom stereocenters. The van der Waals surface area contributed by atoms with Gasteiger partial charge in [0.1, 0.15) is 0 Å². The minimum Gasteiger partial charge on any atom is -0.550 e. The van der Waals surface area contributed by atoms with Crippen molar-refractivity contribution in [3.63, 3.8) is 0 Å². The Morgan fingerprint density at radius 2 is 1.30 bits per heavy atom. The Kier molecular flexibility index (Phi) is 8.14. The number of hydrogen-bond donors (Lipinski definition) is 0. The van der Waals surface area contributed by atoms with Crippen LogP contribution in [0.4, 0.5) is 0 Å². The van der Waals surface area contributed by atoms with E-state index in [2.05, 4.69) is 0 Å². The molecule has 0 fully saturated rings. The van der Waals surface area contributed by atoms with Gasteiger partial charge < -0.3 is 19.8 Å². The fourth-order valence-corrected chi connectivity index (χ4v) is 0.377. The Bertz CT molecular complexity index is 109. The van der Waals surface area contributed by atoms with E-state index in [1.165, 1.54) is 0 Å². The molecule has 4 nitrogen and oxygen atoms in total. The second kappa shape index (κ2) is 6.65. The summed E-state index contributed by atoms with van der Waals surface area (Å²) in [5, 5.41) is 19.3. The summed E-state index contributed by atoms with van der Waals surface area (Å²) in [6.07, 6.45) is -0.341. The molecule has 0 saturated heterocycles. The van der Waals surface area contributed by atoms with Crippen LogP contribution < -0.4 is 29.1 Å². The van der Waals surface area contributed by atoms with Gasteiger partial charge in [0.25, 0.3) is 0 Å². The Hall–Kier alpha value is -0.463. The number of carboxylic acids is 2. The topological polar surface area (TPSA) is 80.3 Å². The summed E-state index contributed by atoms with van der Waals surface area (Å²) >= 11 is 0. The summed E-state index contributed by atoms with van der Waals surface area (Å²) in [6.45, 7) is 0. The van der Waals surface area contributed by atoms with Gasteiger partial charge in [0.2, 0.25) is 0 Å². The monoisotopic (exact) mass is 137 g/mol. The molecule has 0 aromatic rings. The molecule has 0 amide bonds. The van der Waals surface area contributed by atoms with E-state index in [0.717, 1.165) is 0 Å². The third kappa shape index (κ3) is 10.5. The molecule has 0 saturated carbocycles. The van der Waals surface area contributed by atoms with E-state index in [1.54, 1.807) is 0 Å². The summed E-state index contributed by atoms with van der Waals surface area (Å²) in [5.74, 6) is -2.45. The van der Waals surface area contributed by atoms with Crippen LogP contribution in [-0.2, 0) is 9.59 Å². The van der Waals surface area contributed by atoms with Gasteiger partial charge >= 0.3 is 18.9 Å². The summed E-state index contributed by atoms with van der Waals surface area (Å²) in [4.78, 5) is 19.3. The maximum absolute atomic E-state index is 9.66. The number of carbonyl (C=O) groups excluding carboxylic acids is 2. The largest absolute Gasteiger partial charge is 1.00 e. The van der Waals surface area contributed by atoms with Crippen LogP contribution in [0.15, 0.2) is 0 Å². The standard InChI is InChI=1S/C5H8O4.Li/c6-4(7)2-1-3-5(8)9;/h1-3H2,(H,6,7)(H,8,9);/q;+1/p-2. The number of carbonyl (C=O) groups is 2. The van der Waals surface area contributed by atoms with Crippen LogP contribution in [0, 0.1) is 0 Å². The molecular formula is C5H6LiO4-. The minimum atomic E-state index is -1.23. The molecule has 0 rings (SSSR count). The molecule has 0 bridgehead atoms. The Labute approximate surface area is 70.4 Å². The van der Waals surface area contributed by atoms with Crippen LogP contribution >= 0.6 is 0 Å². The van der Waals surface area contributed by atoms with E-state index in [0.29, 0.717) is 0 Å². The van der Waals surface area contributed by atoms with Crippen molar-refractivity contribution in [1.82, 2.24) is 0 Å². The zero-order chi connectivity index (χ0) is 7.28. The third-order valence-corrected chi connectivity index (χ3v) is 0.762. The zero-order valence-electron chi connectivity index (χ0n) is 5.75. The number of aliphatic carboxylic acids is 2. The molecule has 0 heterocycles. The number of carboxylic acid groups (broad SMARTS) is 2. The maximum atomic E-state index is 9.66. The van der Waals surface area contributed by atoms with E-state index in [9.17, 15) is 19.8 Å². The molecule has 0 radical (unpaired) electrons. The van der Waals surface area contributed by atoms with E-state index in [1.807, 2.05) is 0 Å². The molecule has 0 aliphatic heterocycles. The van der Waals surface area contributed by atoms with Crippen LogP contribution in [0.2, 0.25) is 0 Å². The first-order valence-electron chi connectivity index (χ1n) is 2.52. The summed E-state index contributed by atoms with van der Waals surface area (Å²) in [6, 6.07) is 0. The molecule has 5 heteroatoms. The smallest absolute Gasteiger partial charge is 0.550 e. The Morgan fingerprint density at radius 1 is 1.00 bits per heavy atom. The first-order valence-corrected chi connectivity index (χ1v) is 2.52. The Balaban J connectivity index is 0. The molecular weight excluding hydrogens is 131 g/mol. The summed E-state index contributed by atoms with van der Waals surface area (Å²) in [7, 11) is 0. The van der Waals surface area contributed by atoms with Crippen molar-refractivity contribution in [3.8, 4) is 0 Å². The van der Waals surface area contributed by atoms with Crippen molar-refractivity contribution in [1.29, 1.82) is 0 Å². The van der Waals surface area contributed by atoms with E-state index in [4.69, 9.17) is 0 Å². The van der Waals surface area contributed by atoms with Crippen molar-refractivity contribution in [2.24, 2.45) is 0 Å². The van der Waals surface area contributed by atoms with Crippen molar-refractivity contribution in [3.05, 3.63) is 0 Å². The average Bonchev–Trinajstić information content (AvgIpc) is 1.63. The van der Waals surface area contributed by atoms with Crippen LogP contribution in [-0.4, -0.2) is 11.9 Å². The van der Waals surface area contributed by atoms with Crippen molar-refractivity contribution >= 4 is 11.9 Å². The zero-order valence-corrected chi connectivity index (χ0v) is 5.75. The maximum Gasteiger partial charge on any atom is 1.00 e. The van der Waals surface area contributed by atoms with E-state index >= 15 is 0 Å². The third-order valence-electron chi connectivity index (χ3n) is 0.762. The number of hydrogen-bond acceptors (Lipinski definition) is 4. The quantitative estimate of drug-likeness (QED) is 0.362. The van der Waals surface area contributed by atoms with E-state index < -0.39 is 11.9 Å². The SMILES string of the molecule is O=C([O-])CCCC(=O)[O-].[Li+]. The summed E-state index contributed by atoms with van der Waals surface area (Å²) in [5.41, 5.74) is 0. The van der Waals surface area contributed by atoms with Crippen LogP contribution in [0.3, 0.4) is 0 Å². The van der Waals surface area contributed by atoms with Gasteiger partial charge in [-0.1, -0.05) is 0 Å². The molecule has 0 aromatic heterocycles. The van der Waals surface area contributed by atoms with Crippen LogP contribution in [0.25, 0.3) is 0 Å². The molecule has 0 spiro atoms. The molecule has 0 aromatic carbocycles. The molecule has 0 aliphatic carbocycles. The van der Waals surface area contributed by atoms with E-state index in [-0.39, 0.29) is 38.1 Å². The second-order valence-electron chi connectivity index (χ2n) is 1.60.